The average Bonchev–Trinajstić information content (AvgIpc) is 2.79. The first-order chi connectivity index (χ1) is 9.76. The van der Waals surface area contributed by atoms with Crippen LogP contribution in [0, 0.1) is 5.82 Å². The van der Waals surface area contributed by atoms with Crippen LogP contribution in [0.15, 0.2) is 24.3 Å². The Balaban J connectivity index is 2.03. The summed E-state index contributed by atoms with van der Waals surface area (Å²) in [6.45, 7) is 5.43. The molecule has 2 rings (SSSR count). The molecule has 0 aliphatic rings. The topological polar surface area (TPSA) is 74.0 Å². The van der Waals surface area contributed by atoms with Crippen LogP contribution in [0.3, 0.4) is 0 Å². The zero-order valence-corrected chi connectivity index (χ0v) is 12.2. The zero-order chi connectivity index (χ0) is 15.6. The number of H-pyrrole nitrogens is 1. The molecule has 1 aromatic carbocycles. The van der Waals surface area contributed by atoms with Crippen LogP contribution in [0.1, 0.15) is 31.3 Å². The molecule has 1 heterocycles. The number of carbonyl (C=O) groups is 2. The van der Waals surface area contributed by atoms with Crippen LogP contribution in [-0.4, -0.2) is 28.9 Å². The molecule has 0 unspecified atom stereocenters. The van der Waals surface area contributed by atoms with Gasteiger partial charge in [0.1, 0.15) is 11.5 Å². The minimum atomic E-state index is -0.449. The lowest BCUT2D eigenvalue weighted by molar-refractivity contribution is -0.121. The summed E-state index contributed by atoms with van der Waals surface area (Å²) in [6.07, 6.45) is 0. The van der Waals surface area contributed by atoms with Crippen molar-refractivity contribution < 1.29 is 14.0 Å². The number of carbonyl (C=O) groups excluding carboxylic acids is 2. The number of amides is 2. The fourth-order valence-electron chi connectivity index (χ4n) is 1.96. The Labute approximate surface area is 121 Å². The standard InChI is InChI=1S/C15H18FN3O2/c1-15(2,3)19-13(20)8-17-14(21)12-7-9-10(16)5-4-6-11(9)18-12/h4-7,18H,8H2,1-3H3,(H,17,21)(H,19,20). The maximum atomic E-state index is 13.5. The molecule has 0 bridgehead atoms. The Hall–Kier alpha value is -2.37. The minimum absolute atomic E-state index is 0.131. The molecule has 2 aromatic rings. The van der Waals surface area contributed by atoms with E-state index in [2.05, 4.69) is 15.6 Å². The number of fused-ring (bicyclic) bond motifs is 1. The van der Waals surface area contributed by atoms with Crippen molar-refractivity contribution in [1.82, 2.24) is 15.6 Å². The third kappa shape index (κ3) is 3.81. The molecule has 0 saturated heterocycles. The number of benzene rings is 1. The summed E-state index contributed by atoms with van der Waals surface area (Å²) in [5.41, 5.74) is 0.407. The van der Waals surface area contributed by atoms with Gasteiger partial charge in [0.25, 0.3) is 5.91 Å². The van der Waals surface area contributed by atoms with E-state index in [-0.39, 0.29) is 23.7 Å². The molecular formula is C15H18FN3O2. The maximum absolute atomic E-state index is 13.5. The van der Waals surface area contributed by atoms with E-state index in [1.165, 1.54) is 12.1 Å². The van der Waals surface area contributed by atoms with E-state index >= 15 is 0 Å². The number of rotatable bonds is 3. The predicted molar refractivity (Wildman–Crippen MR) is 78.5 cm³/mol. The van der Waals surface area contributed by atoms with Gasteiger partial charge >= 0.3 is 0 Å². The first-order valence-corrected chi connectivity index (χ1v) is 6.63. The number of hydrogen-bond donors (Lipinski definition) is 3. The Morgan fingerprint density at radius 2 is 2.00 bits per heavy atom. The van der Waals surface area contributed by atoms with Crippen molar-refractivity contribution >= 4 is 22.7 Å². The van der Waals surface area contributed by atoms with Crippen molar-refractivity contribution in [2.75, 3.05) is 6.54 Å². The van der Waals surface area contributed by atoms with E-state index in [4.69, 9.17) is 0 Å². The van der Waals surface area contributed by atoms with Gasteiger partial charge in [-0.15, -0.1) is 0 Å². The summed E-state index contributed by atoms with van der Waals surface area (Å²) in [6, 6.07) is 6.00. The molecule has 3 N–H and O–H groups in total. The van der Waals surface area contributed by atoms with Crippen LogP contribution < -0.4 is 10.6 Å². The molecule has 6 heteroatoms. The van der Waals surface area contributed by atoms with Gasteiger partial charge in [-0.05, 0) is 39.0 Å². The number of aromatic amines is 1. The normalized spacial score (nSPS) is 11.4. The second-order valence-corrected chi connectivity index (χ2v) is 5.86. The first kappa shape index (κ1) is 15.0. The van der Waals surface area contributed by atoms with E-state index in [1.54, 1.807) is 12.1 Å². The molecule has 5 nitrogen and oxygen atoms in total. The van der Waals surface area contributed by atoms with Crippen LogP contribution in [-0.2, 0) is 4.79 Å². The zero-order valence-electron chi connectivity index (χ0n) is 12.2. The molecule has 1 aromatic heterocycles. The molecule has 0 atom stereocenters. The van der Waals surface area contributed by atoms with E-state index < -0.39 is 11.7 Å². The Kier molecular flexibility index (Phi) is 3.97. The minimum Gasteiger partial charge on any atom is -0.350 e. The van der Waals surface area contributed by atoms with E-state index in [9.17, 15) is 14.0 Å². The van der Waals surface area contributed by atoms with Gasteiger partial charge in [0.05, 0.1) is 6.54 Å². The third-order valence-electron chi connectivity index (χ3n) is 2.78. The summed E-state index contributed by atoms with van der Waals surface area (Å²) in [4.78, 5) is 26.4. The quantitative estimate of drug-likeness (QED) is 0.808. The van der Waals surface area contributed by atoms with Gasteiger partial charge in [-0.2, -0.15) is 0 Å². The van der Waals surface area contributed by atoms with Gasteiger partial charge in [-0.1, -0.05) is 6.07 Å². The molecule has 0 radical (unpaired) electrons. The Morgan fingerprint density at radius 3 is 2.62 bits per heavy atom. The number of hydrogen-bond acceptors (Lipinski definition) is 2. The van der Waals surface area contributed by atoms with Crippen LogP contribution in [0.2, 0.25) is 0 Å². The maximum Gasteiger partial charge on any atom is 0.268 e. The lowest BCUT2D eigenvalue weighted by Crippen LogP contribution is -2.45. The third-order valence-corrected chi connectivity index (χ3v) is 2.78. The molecule has 0 saturated carbocycles. The van der Waals surface area contributed by atoms with Gasteiger partial charge in [-0.3, -0.25) is 9.59 Å². The number of nitrogens with one attached hydrogen (secondary N) is 3. The molecule has 112 valence electrons. The van der Waals surface area contributed by atoms with Crippen molar-refractivity contribution in [2.24, 2.45) is 0 Å². The van der Waals surface area contributed by atoms with Gasteiger partial charge in [0.2, 0.25) is 5.91 Å². The largest absolute Gasteiger partial charge is 0.350 e. The first-order valence-electron chi connectivity index (χ1n) is 6.63. The SMILES string of the molecule is CC(C)(C)NC(=O)CNC(=O)c1cc2c(F)cccc2[nH]1. The second kappa shape index (κ2) is 5.55. The van der Waals surface area contributed by atoms with Crippen molar-refractivity contribution in [3.05, 3.63) is 35.8 Å². The van der Waals surface area contributed by atoms with Gasteiger partial charge in [-0.25, -0.2) is 4.39 Å². The van der Waals surface area contributed by atoms with Crippen molar-refractivity contribution in [1.29, 1.82) is 0 Å². The highest BCUT2D eigenvalue weighted by Gasteiger charge is 2.16. The van der Waals surface area contributed by atoms with Crippen molar-refractivity contribution in [3.8, 4) is 0 Å². The van der Waals surface area contributed by atoms with Crippen LogP contribution in [0.25, 0.3) is 10.9 Å². The fraction of sp³-hybridized carbons (Fsp3) is 0.333. The van der Waals surface area contributed by atoms with Crippen LogP contribution in [0.5, 0.6) is 0 Å². The molecular weight excluding hydrogens is 273 g/mol. The van der Waals surface area contributed by atoms with Gasteiger partial charge in [0.15, 0.2) is 0 Å². The lowest BCUT2D eigenvalue weighted by Gasteiger charge is -2.20. The van der Waals surface area contributed by atoms with E-state index in [1.807, 2.05) is 20.8 Å². The molecule has 0 spiro atoms. The lowest BCUT2D eigenvalue weighted by atomic mass is 10.1. The summed E-state index contributed by atoms with van der Waals surface area (Å²) >= 11 is 0. The van der Waals surface area contributed by atoms with Crippen LogP contribution >= 0.6 is 0 Å². The van der Waals surface area contributed by atoms with Crippen molar-refractivity contribution in [2.45, 2.75) is 26.3 Å². The Bertz CT molecular complexity index is 686. The monoisotopic (exact) mass is 291 g/mol. The van der Waals surface area contributed by atoms with E-state index in [0.717, 1.165) is 0 Å². The average molecular weight is 291 g/mol. The van der Waals surface area contributed by atoms with E-state index in [0.29, 0.717) is 10.9 Å². The Morgan fingerprint density at radius 1 is 1.29 bits per heavy atom. The molecule has 21 heavy (non-hydrogen) atoms. The summed E-state index contributed by atoms with van der Waals surface area (Å²) in [7, 11) is 0. The highest BCUT2D eigenvalue weighted by atomic mass is 19.1. The summed E-state index contributed by atoms with van der Waals surface area (Å²) < 4.78 is 13.5. The molecule has 2 amide bonds. The highest BCUT2D eigenvalue weighted by Crippen LogP contribution is 2.18. The molecule has 0 aliphatic carbocycles. The van der Waals surface area contributed by atoms with Crippen molar-refractivity contribution in [3.63, 3.8) is 0 Å². The second-order valence-electron chi connectivity index (χ2n) is 5.86. The number of halogens is 1. The highest BCUT2D eigenvalue weighted by molar-refractivity contribution is 5.99. The number of aromatic nitrogens is 1. The summed E-state index contributed by atoms with van der Waals surface area (Å²) in [5.74, 6) is -1.12. The van der Waals surface area contributed by atoms with Gasteiger partial charge in [0, 0.05) is 16.4 Å². The smallest absolute Gasteiger partial charge is 0.268 e. The molecule has 0 aliphatic heterocycles. The predicted octanol–water partition coefficient (Wildman–Crippen LogP) is 1.95. The molecule has 0 fully saturated rings. The van der Waals surface area contributed by atoms with Crippen LogP contribution in [0.4, 0.5) is 4.39 Å². The summed E-state index contributed by atoms with van der Waals surface area (Å²) in [5, 5.41) is 5.58. The van der Waals surface area contributed by atoms with Gasteiger partial charge < -0.3 is 15.6 Å². The fourth-order valence-corrected chi connectivity index (χ4v) is 1.96.